The van der Waals surface area contributed by atoms with Crippen molar-refractivity contribution in [2.75, 3.05) is 5.75 Å². The maximum absolute atomic E-state index is 12.4. The van der Waals surface area contributed by atoms with Gasteiger partial charge in [0.05, 0.1) is 17.9 Å². The summed E-state index contributed by atoms with van der Waals surface area (Å²) in [7, 11) is -4.69. The molecule has 110 valence electrons. The SMILES string of the molecule is C[Si](C)(C)CCS(=O)(=O)n1ccc2cc(CO)ccc21. The molecule has 0 amide bonds. The standard InChI is InChI=1S/C14H21NO3SSi/c1-20(2,3)9-8-19(17,18)15-7-6-13-10-12(11-16)4-5-14(13)15/h4-7,10,16H,8-9,11H2,1-3H3. The Hall–Kier alpha value is -1.11. The number of aromatic nitrogens is 1. The van der Waals surface area contributed by atoms with Gasteiger partial charge in [0.1, 0.15) is 0 Å². The molecular formula is C14H21NO3SSi. The van der Waals surface area contributed by atoms with Crippen molar-refractivity contribution < 1.29 is 13.5 Å². The topological polar surface area (TPSA) is 59.3 Å². The quantitative estimate of drug-likeness (QED) is 0.864. The molecule has 0 unspecified atom stereocenters. The number of nitrogens with zero attached hydrogens (tertiary/aromatic N) is 1. The van der Waals surface area contributed by atoms with E-state index in [1.807, 2.05) is 6.07 Å². The Morgan fingerprint density at radius 3 is 2.50 bits per heavy atom. The van der Waals surface area contributed by atoms with E-state index < -0.39 is 18.1 Å². The van der Waals surface area contributed by atoms with Gasteiger partial charge in [-0.25, -0.2) is 12.4 Å². The van der Waals surface area contributed by atoms with Crippen LogP contribution in [-0.4, -0.2) is 31.3 Å². The molecule has 0 aliphatic carbocycles. The van der Waals surface area contributed by atoms with Crippen LogP contribution in [0.25, 0.3) is 10.9 Å². The molecule has 1 aromatic carbocycles. The van der Waals surface area contributed by atoms with Gasteiger partial charge in [-0.1, -0.05) is 25.7 Å². The summed E-state index contributed by atoms with van der Waals surface area (Å²) in [5, 5.41) is 9.96. The van der Waals surface area contributed by atoms with Gasteiger partial charge in [0.15, 0.2) is 0 Å². The lowest BCUT2D eigenvalue weighted by atomic mass is 10.2. The molecule has 0 saturated heterocycles. The van der Waals surface area contributed by atoms with E-state index in [4.69, 9.17) is 5.11 Å². The number of rotatable bonds is 5. The largest absolute Gasteiger partial charge is 0.392 e. The fourth-order valence-electron chi connectivity index (χ4n) is 2.04. The van der Waals surface area contributed by atoms with Crippen LogP contribution in [0, 0.1) is 0 Å². The van der Waals surface area contributed by atoms with E-state index in [2.05, 4.69) is 19.6 Å². The lowest BCUT2D eigenvalue weighted by molar-refractivity contribution is 0.282. The molecule has 0 radical (unpaired) electrons. The highest BCUT2D eigenvalue weighted by Crippen LogP contribution is 2.21. The maximum atomic E-state index is 12.4. The molecule has 2 rings (SSSR count). The van der Waals surface area contributed by atoms with Crippen LogP contribution < -0.4 is 0 Å². The van der Waals surface area contributed by atoms with Crippen molar-refractivity contribution >= 4 is 29.0 Å². The van der Waals surface area contributed by atoms with E-state index in [9.17, 15) is 8.42 Å². The Balaban J connectivity index is 2.37. The number of benzene rings is 1. The van der Waals surface area contributed by atoms with Crippen molar-refractivity contribution in [2.24, 2.45) is 0 Å². The van der Waals surface area contributed by atoms with Crippen LogP contribution in [0.3, 0.4) is 0 Å². The van der Waals surface area contributed by atoms with Gasteiger partial charge < -0.3 is 5.11 Å². The first kappa shape index (κ1) is 15.3. The molecule has 0 saturated carbocycles. The highest BCUT2D eigenvalue weighted by Gasteiger charge is 2.21. The fourth-order valence-corrected chi connectivity index (χ4v) is 6.43. The normalized spacial score (nSPS) is 13.0. The van der Waals surface area contributed by atoms with Gasteiger partial charge in [-0.2, -0.15) is 0 Å². The molecule has 2 aromatic rings. The van der Waals surface area contributed by atoms with E-state index in [1.54, 1.807) is 24.4 Å². The van der Waals surface area contributed by atoms with Gasteiger partial charge >= 0.3 is 0 Å². The van der Waals surface area contributed by atoms with Gasteiger partial charge in [-0.3, -0.25) is 0 Å². The summed E-state index contributed by atoms with van der Waals surface area (Å²) < 4.78 is 26.3. The smallest absolute Gasteiger partial charge is 0.238 e. The number of fused-ring (bicyclic) bond motifs is 1. The van der Waals surface area contributed by atoms with Crippen LogP contribution in [0.4, 0.5) is 0 Å². The summed E-state index contributed by atoms with van der Waals surface area (Å²) in [5.74, 6) is 0.189. The molecule has 0 fully saturated rings. The van der Waals surface area contributed by atoms with Crippen molar-refractivity contribution in [1.82, 2.24) is 3.97 Å². The highest BCUT2D eigenvalue weighted by atomic mass is 32.2. The Labute approximate surface area is 121 Å². The van der Waals surface area contributed by atoms with Crippen LogP contribution in [0.15, 0.2) is 30.5 Å². The second-order valence-electron chi connectivity index (χ2n) is 6.29. The van der Waals surface area contributed by atoms with Crippen molar-refractivity contribution in [3.63, 3.8) is 0 Å². The molecule has 20 heavy (non-hydrogen) atoms. The summed E-state index contributed by atoms with van der Waals surface area (Å²) in [6.45, 7) is 6.47. The number of aliphatic hydroxyl groups excluding tert-OH is 1. The minimum absolute atomic E-state index is 0.0382. The van der Waals surface area contributed by atoms with Gasteiger partial charge in [-0.15, -0.1) is 0 Å². The zero-order valence-electron chi connectivity index (χ0n) is 12.1. The first-order valence-electron chi connectivity index (χ1n) is 6.67. The van der Waals surface area contributed by atoms with Crippen LogP contribution in [0.1, 0.15) is 5.56 Å². The summed E-state index contributed by atoms with van der Waals surface area (Å²) in [6, 6.07) is 7.87. The Morgan fingerprint density at radius 2 is 1.90 bits per heavy atom. The van der Waals surface area contributed by atoms with Crippen molar-refractivity contribution in [3.8, 4) is 0 Å². The molecular weight excluding hydrogens is 290 g/mol. The lowest BCUT2D eigenvalue weighted by Crippen LogP contribution is -2.26. The average molecular weight is 311 g/mol. The molecule has 6 heteroatoms. The molecule has 1 N–H and O–H groups in total. The maximum Gasteiger partial charge on any atom is 0.238 e. The van der Waals surface area contributed by atoms with E-state index in [0.717, 1.165) is 17.0 Å². The molecule has 0 aliphatic rings. The fraction of sp³-hybridized carbons (Fsp3) is 0.429. The summed E-state index contributed by atoms with van der Waals surface area (Å²) >= 11 is 0. The third-order valence-electron chi connectivity index (χ3n) is 3.31. The summed E-state index contributed by atoms with van der Waals surface area (Å²) in [4.78, 5) is 0. The molecule has 0 atom stereocenters. The second-order valence-corrected chi connectivity index (χ2v) is 13.9. The number of hydrogen-bond acceptors (Lipinski definition) is 3. The summed E-state index contributed by atoms with van der Waals surface area (Å²) in [5.41, 5.74) is 1.47. The Bertz CT molecular complexity index is 714. The van der Waals surface area contributed by atoms with Crippen molar-refractivity contribution in [1.29, 1.82) is 0 Å². The van der Waals surface area contributed by atoms with Gasteiger partial charge in [0.25, 0.3) is 0 Å². The minimum Gasteiger partial charge on any atom is -0.392 e. The Kier molecular flexibility index (Phi) is 4.08. The lowest BCUT2D eigenvalue weighted by Gasteiger charge is -2.16. The van der Waals surface area contributed by atoms with Gasteiger partial charge in [-0.05, 0) is 29.8 Å². The van der Waals surface area contributed by atoms with Gasteiger partial charge in [0.2, 0.25) is 10.0 Å². The highest BCUT2D eigenvalue weighted by molar-refractivity contribution is 7.90. The van der Waals surface area contributed by atoms with Crippen LogP contribution in [0.2, 0.25) is 25.7 Å². The minimum atomic E-state index is -3.31. The molecule has 1 aromatic heterocycles. The molecule has 0 aliphatic heterocycles. The van der Waals surface area contributed by atoms with E-state index >= 15 is 0 Å². The van der Waals surface area contributed by atoms with E-state index in [-0.39, 0.29) is 12.4 Å². The number of aliphatic hydroxyl groups is 1. The first-order chi connectivity index (χ1) is 9.23. The third kappa shape index (κ3) is 3.31. The van der Waals surface area contributed by atoms with Gasteiger partial charge in [0, 0.05) is 19.7 Å². The molecule has 4 nitrogen and oxygen atoms in total. The van der Waals surface area contributed by atoms with Crippen molar-refractivity contribution in [3.05, 3.63) is 36.0 Å². The zero-order chi connectivity index (χ0) is 15.0. The van der Waals surface area contributed by atoms with Crippen molar-refractivity contribution in [2.45, 2.75) is 32.3 Å². The van der Waals surface area contributed by atoms with Crippen LogP contribution in [0.5, 0.6) is 0 Å². The summed E-state index contributed by atoms with van der Waals surface area (Å²) in [6.07, 6.45) is 1.60. The molecule has 0 bridgehead atoms. The predicted octanol–water partition coefficient (Wildman–Crippen LogP) is 2.65. The first-order valence-corrected chi connectivity index (χ1v) is 12.0. The van der Waals surface area contributed by atoms with E-state index in [0.29, 0.717) is 5.52 Å². The average Bonchev–Trinajstić information content (AvgIpc) is 2.79. The predicted molar refractivity (Wildman–Crippen MR) is 85.2 cm³/mol. The number of hydrogen-bond donors (Lipinski definition) is 1. The Morgan fingerprint density at radius 1 is 1.20 bits per heavy atom. The monoisotopic (exact) mass is 311 g/mol. The molecule has 1 heterocycles. The van der Waals surface area contributed by atoms with Crippen LogP contribution in [-0.2, 0) is 16.6 Å². The zero-order valence-corrected chi connectivity index (χ0v) is 13.9. The second kappa shape index (κ2) is 5.35. The van der Waals surface area contributed by atoms with Crippen LogP contribution >= 0.6 is 0 Å². The third-order valence-corrected chi connectivity index (χ3v) is 7.06. The van der Waals surface area contributed by atoms with E-state index in [1.165, 1.54) is 3.97 Å². The molecule has 0 spiro atoms.